The van der Waals surface area contributed by atoms with Crippen LogP contribution in [0, 0.1) is 5.92 Å². The maximum Gasteiger partial charge on any atom is 0.257 e. The largest absolute Gasteiger partial charge is 0.364 e. The molecule has 2 aliphatic carbocycles. The van der Waals surface area contributed by atoms with Crippen LogP contribution in [-0.4, -0.2) is 16.7 Å². The Bertz CT molecular complexity index is 787. The van der Waals surface area contributed by atoms with Crippen LogP contribution in [0.4, 0.5) is 5.69 Å². The summed E-state index contributed by atoms with van der Waals surface area (Å²) in [6, 6.07) is 7.77. The number of nitrogens with two attached hydrogens (primary N) is 1. The zero-order chi connectivity index (χ0) is 16.7. The summed E-state index contributed by atoms with van der Waals surface area (Å²) in [5.41, 5.74) is 9.88. The van der Waals surface area contributed by atoms with E-state index in [0.29, 0.717) is 29.2 Å². The monoisotopic (exact) mass is 323 g/mol. The Morgan fingerprint density at radius 1 is 1.21 bits per heavy atom. The predicted molar refractivity (Wildman–Crippen MR) is 92.1 cm³/mol. The predicted octanol–water partition coefficient (Wildman–Crippen LogP) is 3.20. The second-order valence-electron chi connectivity index (χ2n) is 6.77. The molecule has 1 amide bonds. The molecule has 124 valence electrons. The SMILES string of the molecule is NC(c1ccc(NC(=O)c2c[nH]c3c2C(=O)CCC3)cc1)C1CC1. The number of aromatic amines is 1. The van der Waals surface area contributed by atoms with Gasteiger partial charge >= 0.3 is 0 Å². The lowest BCUT2D eigenvalue weighted by molar-refractivity contribution is 0.0956. The van der Waals surface area contributed by atoms with E-state index >= 15 is 0 Å². The highest BCUT2D eigenvalue weighted by Gasteiger charge is 2.29. The molecule has 5 heteroatoms. The van der Waals surface area contributed by atoms with E-state index in [9.17, 15) is 9.59 Å². The standard InChI is InChI=1S/C19H21N3O2/c20-18(11-4-5-11)12-6-8-13(9-7-12)22-19(24)14-10-21-15-2-1-3-16(23)17(14)15/h6-11,18,21H,1-5,20H2,(H,22,24). The summed E-state index contributed by atoms with van der Waals surface area (Å²) in [6.07, 6.45) is 6.22. The molecule has 0 spiro atoms. The van der Waals surface area contributed by atoms with Gasteiger partial charge in [0.1, 0.15) is 0 Å². The van der Waals surface area contributed by atoms with Crippen LogP contribution < -0.4 is 11.1 Å². The number of nitrogens with one attached hydrogen (secondary N) is 2. The number of hydrogen-bond acceptors (Lipinski definition) is 3. The topological polar surface area (TPSA) is 88.0 Å². The summed E-state index contributed by atoms with van der Waals surface area (Å²) in [5.74, 6) is 0.401. The van der Waals surface area contributed by atoms with Gasteiger partial charge in [-0.3, -0.25) is 9.59 Å². The molecule has 0 aliphatic heterocycles. The third kappa shape index (κ3) is 2.76. The number of carbonyl (C=O) groups is 2. The van der Waals surface area contributed by atoms with Crippen LogP contribution in [0.5, 0.6) is 0 Å². The number of H-pyrrole nitrogens is 1. The van der Waals surface area contributed by atoms with Gasteiger partial charge in [-0.1, -0.05) is 12.1 Å². The van der Waals surface area contributed by atoms with Crippen molar-refractivity contribution in [3.63, 3.8) is 0 Å². The number of amides is 1. The van der Waals surface area contributed by atoms with Gasteiger partial charge in [0.25, 0.3) is 5.91 Å². The van der Waals surface area contributed by atoms with Crippen molar-refractivity contribution in [3.8, 4) is 0 Å². The number of carbonyl (C=O) groups excluding carboxylic acids is 2. The zero-order valence-corrected chi connectivity index (χ0v) is 13.5. The van der Waals surface area contributed by atoms with Crippen molar-refractivity contribution >= 4 is 17.4 Å². The summed E-state index contributed by atoms with van der Waals surface area (Å²) in [4.78, 5) is 27.7. The molecular formula is C19H21N3O2. The molecule has 0 radical (unpaired) electrons. The smallest absolute Gasteiger partial charge is 0.257 e. The summed E-state index contributed by atoms with van der Waals surface area (Å²) < 4.78 is 0. The Labute approximate surface area is 140 Å². The highest BCUT2D eigenvalue weighted by molar-refractivity contribution is 6.13. The fourth-order valence-electron chi connectivity index (χ4n) is 3.43. The summed E-state index contributed by atoms with van der Waals surface area (Å²) in [7, 11) is 0. The minimum atomic E-state index is -0.248. The molecule has 2 aromatic rings. The zero-order valence-electron chi connectivity index (χ0n) is 13.5. The summed E-state index contributed by atoms with van der Waals surface area (Å²) >= 11 is 0. The highest BCUT2D eigenvalue weighted by Crippen LogP contribution is 2.39. The molecule has 1 fully saturated rings. The maximum absolute atomic E-state index is 12.5. The molecule has 4 N–H and O–H groups in total. The van der Waals surface area contributed by atoms with Gasteiger partial charge in [0.15, 0.2) is 5.78 Å². The van der Waals surface area contributed by atoms with Crippen molar-refractivity contribution in [2.45, 2.75) is 38.1 Å². The number of aromatic nitrogens is 1. The van der Waals surface area contributed by atoms with Crippen LogP contribution >= 0.6 is 0 Å². The minimum Gasteiger partial charge on any atom is -0.364 e. The van der Waals surface area contributed by atoms with E-state index < -0.39 is 0 Å². The van der Waals surface area contributed by atoms with Gasteiger partial charge in [-0.15, -0.1) is 0 Å². The van der Waals surface area contributed by atoms with Gasteiger partial charge < -0.3 is 16.0 Å². The third-order valence-corrected chi connectivity index (χ3v) is 5.00. The van der Waals surface area contributed by atoms with Crippen LogP contribution in [-0.2, 0) is 6.42 Å². The van der Waals surface area contributed by atoms with Crippen molar-refractivity contribution in [1.29, 1.82) is 0 Å². The number of rotatable bonds is 4. The van der Waals surface area contributed by atoms with Gasteiger partial charge in [0.05, 0.1) is 11.1 Å². The molecule has 2 aliphatic rings. The molecule has 4 rings (SSSR count). The average Bonchev–Trinajstić information content (AvgIpc) is 3.34. The van der Waals surface area contributed by atoms with E-state index in [1.807, 2.05) is 24.3 Å². The lowest BCUT2D eigenvalue weighted by Gasteiger charge is -2.13. The highest BCUT2D eigenvalue weighted by atomic mass is 16.2. The summed E-state index contributed by atoms with van der Waals surface area (Å²) in [5, 5.41) is 2.87. The first-order valence-corrected chi connectivity index (χ1v) is 8.54. The third-order valence-electron chi connectivity index (χ3n) is 5.00. The number of benzene rings is 1. The Balaban J connectivity index is 1.50. The lowest BCUT2D eigenvalue weighted by atomic mass is 9.93. The molecule has 0 saturated heterocycles. The van der Waals surface area contributed by atoms with Gasteiger partial charge in [0.2, 0.25) is 0 Å². The van der Waals surface area contributed by atoms with Crippen LogP contribution in [0.1, 0.15) is 63.7 Å². The van der Waals surface area contributed by atoms with E-state index in [2.05, 4.69) is 10.3 Å². The minimum absolute atomic E-state index is 0.0494. The van der Waals surface area contributed by atoms with E-state index in [-0.39, 0.29) is 17.7 Å². The molecule has 1 aromatic carbocycles. The Kier molecular flexibility index (Phi) is 3.73. The Morgan fingerprint density at radius 3 is 2.67 bits per heavy atom. The summed E-state index contributed by atoms with van der Waals surface area (Å²) in [6.45, 7) is 0. The van der Waals surface area contributed by atoms with Crippen molar-refractivity contribution in [1.82, 2.24) is 4.98 Å². The number of Topliss-reactive ketones (excluding diaryl/α,β-unsaturated/α-hetero) is 1. The molecule has 1 aromatic heterocycles. The first kappa shape index (κ1) is 15.1. The number of fused-ring (bicyclic) bond motifs is 1. The van der Waals surface area contributed by atoms with Gasteiger partial charge in [-0.2, -0.15) is 0 Å². The molecule has 24 heavy (non-hydrogen) atoms. The van der Waals surface area contributed by atoms with E-state index in [1.54, 1.807) is 6.20 Å². The van der Waals surface area contributed by atoms with E-state index in [1.165, 1.54) is 12.8 Å². The van der Waals surface area contributed by atoms with Crippen molar-refractivity contribution in [2.75, 3.05) is 5.32 Å². The van der Waals surface area contributed by atoms with Crippen LogP contribution in [0.2, 0.25) is 0 Å². The number of hydrogen-bond donors (Lipinski definition) is 3. The van der Waals surface area contributed by atoms with Crippen LogP contribution in [0.25, 0.3) is 0 Å². The Morgan fingerprint density at radius 2 is 1.96 bits per heavy atom. The van der Waals surface area contributed by atoms with Crippen LogP contribution in [0.3, 0.4) is 0 Å². The quantitative estimate of drug-likeness (QED) is 0.807. The molecule has 1 heterocycles. The maximum atomic E-state index is 12.5. The molecular weight excluding hydrogens is 302 g/mol. The van der Waals surface area contributed by atoms with Crippen LogP contribution in [0.15, 0.2) is 30.5 Å². The van der Waals surface area contributed by atoms with Crippen molar-refractivity contribution in [3.05, 3.63) is 52.8 Å². The molecule has 1 atom stereocenters. The fraction of sp³-hybridized carbons (Fsp3) is 0.368. The number of anilines is 1. The van der Waals surface area contributed by atoms with Crippen molar-refractivity contribution < 1.29 is 9.59 Å². The van der Waals surface area contributed by atoms with Crippen molar-refractivity contribution in [2.24, 2.45) is 11.7 Å². The first-order chi connectivity index (χ1) is 11.6. The van der Waals surface area contributed by atoms with Gasteiger partial charge in [0, 0.05) is 30.0 Å². The molecule has 1 saturated carbocycles. The van der Waals surface area contributed by atoms with Gasteiger partial charge in [-0.25, -0.2) is 0 Å². The lowest BCUT2D eigenvalue weighted by Crippen LogP contribution is -2.18. The fourth-order valence-corrected chi connectivity index (χ4v) is 3.43. The first-order valence-electron chi connectivity index (χ1n) is 8.54. The van der Waals surface area contributed by atoms with E-state index in [4.69, 9.17) is 5.73 Å². The Hall–Kier alpha value is -2.40. The van der Waals surface area contributed by atoms with Gasteiger partial charge in [-0.05, 0) is 49.3 Å². The average molecular weight is 323 g/mol. The molecule has 5 nitrogen and oxygen atoms in total. The second kappa shape index (κ2) is 5.91. The normalized spacial score (nSPS) is 18.1. The number of ketones is 1. The van der Waals surface area contributed by atoms with E-state index in [0.717, 1.165) is 24.1 Å². The number of aryl methyl sites for hydroxylation is 1. The molecule has 0 bridgehead atoms. The molecule has 1 unspecified atom stereocenters. The second-order valence-corrected chi connectivity index (χ2v) is 6.77.